The largest absolute Gasteiger partial charge is 0.485 e. The smallest absolute Gasteiger partial charge is 0.261 e. The molecule has 9 heteroatoms. The fraction of sp³-hybridized carbons (Fsp3) is 0.435. The van der Waals surface area contributed by atoms with Gasteiger partial charge in [-0.15, -0.1) is 0 Å². The third-order valence-corrected chi connectivity index (χ3v) is 6.65. The summed E-state index contributed by atoms with van der Waals surface area (Å²) in [6.45, 7) is 4.83. The molecule has 32 heavy (non-hydrogen) atoms. The van der Waals surface area contributed by atoms with Gasteiger partial charge in [-0.1, -0.05) is 0 Å². The van der Waals surface area contributed by atoms with E-state index >= 15 is 0 Å². The maximum Gasteiger partial charge on any atom is 0.261 e. The van der Waals surface area contributed by atoms with Crippen LogP contribution in [0.15, 0.2) is 36.8 Å². The SMILES string of the molecule is CN1CCC2(Cc3cc(NC(=O)c4cnn5cccnc45)c(N4CCOCC4)cc3O2)C1. The fourth-order valence-corrected chi connectivity index (χ4v) is 5.08. The molecule has 1 amide bonds. The molecule has 9 nitrogen and oxygen atoms in total. The number of carbonyl (C=O) groups excluding carboxylic acids is 1. The molecule has 2 aromatic heterocycles. The second kappa shape index (κ2) is 7.46. The van der Waals surface area contributed by atoms with Crippen LogP contribution in [0, 0.1) is 0 Å². The van der Waals surface area contributed by atoms with Crippen LogP contribution in [0.2, 0.25) is 0 Å². The number of ether oxygens (including phenoxy) is 2. The van der Waals surface area contributed by atoms with Crippen molar-refractivity contribution in [2.45, 2.75) is 18.4 Å². The van der Waals surface area contributed by atoms with E-state index in [1.54, 1.807) is 29.2 Å². The second-order valence-corrected chi connectivity index (χ2v) is 8.93. The molecule has 0 bridgehead atoms. The van der Waals surface area contributed by atoms with Crippen LogP contribution < -0.4 is 15.0 Å². The van der Waals surface area contributed by atoms with Crippen LogP contribution in [0.4, 0.5) is 11.4 Å². The maximum atomic E-state index is 13.2. The number of hydrogen-bond acceptors (Lipinski definition) is 7. The second-order valence-electron chi connectivity index (χ2n) is 8.93. The highest BCUT2D eigenvalue weighted by atomic mass is 16.5. The van der Waals surface area contributed by atoms with Gasteiger partial charge in [-0.2, -0.15) is 5.10 Å². The number of nitrogens with one attached hydrogen (secondary N) is 1. The molecule has 2 saturated heterocycles. The molecule has 6 rings (SSSR count). The summed E-state index contributed by atoms with van der Waals surface area (Å²) in [5.41, 5.74) is 3.73. The van der Waals surface area contributed by atoms with E-state index in [0.29, 0.717) is 24.4 Å². The minimum absolute atomic E-state index is 0.158. The number of anilines is 2. The lowest BCUT2D eigenvalue weighted by molar-refractivity contribution is 0.102. The van der Waals surface area contributed by atoms with E-state index in [4.69, 9.17) is 9.47 Å². The van der Waals surface area contributed by atoms with Crippen LogP contribution in [-0.2, 0) is 11.2 Å². The van der Waals surface area contributed by atoms with Crippen molar-refractivity contribution in [3.8, 4) is 5.75 Å². The predicted octanol–water partition coefficient (Wildman–Crippen LogP) is 1.83. The quantitative estimate of drug-likeness (QED) is 0.673. The molecular formula is C23H26N6O3. The first kappa shape index (κ1) is 19.5. The molecule has 1 atom stereocenters. The number of rotatable bonds is 3. The zero-order valence-electron chi connectivity index (χ0n) is 18.1. The summed E-state index contributed by atoms with van der Waals surface area (Å²) in [7, 11) is 2.14. The summed E-state index contributed by atoms with van der Waals surface area (Å²) in [6.07, 6.45) is 6.88. The van der Waals surface area contributed by atoms with E-state index in [2.05, 4.69) is 44.4 Å². The Morgan fingerprint density at radius 2 is 2.09 bits per heavy atom. The van der Waals surface area contributed by atoms with Gasteiger partial charge >= 0.3 is 0 Å². The van der Waals surface area contributed by atoms with E-state index in [1.807, 2.05) is 0 Å². The van der Waals surface area contributed by atoms with Crippen molar-refractivity contribution >= 4 is 22.9 Å². The Labute approximate surface area is 185 Å². The first-order valence-electron chi connectivity index (χ1n) is 11.1. The number of aromatic nitrogens is 3. The van der Waals surface area contributed by atoms with Crippen LogP contribution in [-0.4, -0.2) is 77.4 Å². The summed E-state index contributed by atoms with van der Waals surface area (Å²) >= 11 is 0. The zero-order valence-corrected chi connectivity index (χ0v) is 18.1. The summed E-state index contributed by atoms with van der Waals surface area (Å²) in [5.74, 6) is 0.708. The highest BCUT2D eigenvalue weighted by molar-refractivity contribution is 6.09. The standard InChI is InChI=1S/C23H26N6O3/c1-27-6-3-23(15-27)13-16-11-18(19(12-20(16)32-23)28-7-9-31-10-8-28)26-22(30)17-14-25-29-5-2-4-24-21(17)29/h2,4-5,11-12,14H,3,6-10,13,15H2,1H3,(H,26,30). The number of likely N-dealkylation sites (tertiary alicyclic amines) is 1. The van der Waals surface area contributed by atoms with Gasteiger partial charge in [0.25, 0.3) is 5.91 Å². The molecule has 1 spiro atoms. The van der Waals surface area contributed by atoms with Gasteiger partial charge in [0.1, 0.15) is 16.9 Å². The van der Waals surface area contributed by atoms with Gasteiger partial charge in [0, 0.05) is 63.0 Å². The van der Waals surface area contributed by atoms with Crippen molar-refractivity contribution in [1.82, 2.24) is 19.5 Å². The van der Waals surface area contributed by atoms with Crippen molar-refractivity contribution in [2.24, 2.45) is 0 Å². The van der Waals surface area contributed by atoms with Gasteiger partial charge in [-0.25, -0.2) is 9.50 Å². The highest BCUT2D eigenvalue weighted by Crippen LogP contribution is 2.45. The molecule has 3 aliphatic heterocycles. The number of fused-ring (bicyclic) bond motifs is 2. The molecule has 2 fully saturated rings. The van der Waals surface area contributed by atoms with Crippen molar-refractivity contribution in [2.75, 3.05) is 56.7 Å². The lowest BCUT2D eigenvalue weighted by Crippen LogP contribution is -2.37. The zero-order chi connectivity index (χ0) is 21.7. The summed E-state index contributed by atoms with van der Waals surface area (Å²) < 4.78 is 13.7. The normalized spacial score (nSPS) is 23.0. The molecule has 0 radical (unpaired) electrons. The van der Waals surface area contributed by atoms with Gasteiger partial charge < -0.3 is 24.6 Å². The Kier molecular flexibility index (Phi) is 4.55. The molecule has 0 saturated carbocycles. The highest BCUT2D eigenvalue weighted by Gasteiger charge is 2.44. The molecular weight excluding hydrogens is 408 g/mol. The van der Waals surface area contributed by atoms with Crippen molar-refractivity contribution in [3.05, 3.63) is 47.9 Å². The summed E-state index contributed by atoms with van der Waals surface area (Å²) in [5, 5.41) is 7.39. The number of morpholine rings is 1. The Hall–Kier alpha value is -3.17. The van der Waals surface area contributed by atoms with Gasteiger partial charge in [0.05, 0.1) is 30.8 Å². The van der Waals surface area contributed by atoms with E-state index in [0.717, 1.165) is 61.7 Å². The molecule has 5 heterocycles. The van der Waals surface area contributed by atoms with E-state index in [1.165, 1.54) is 0 Å². The number of amides is 1. The monoisotopic (exact) mass is 434 g/mol. The van der Waals surface area contributed by atoms with Gasteiger partial charge in [-0.05, 0) is 19.2 Å². The van der Waals surface area contributed by atoms with Crippen molar-refractivity contribution in [3.63, 3.8) is 0 Å². The Bertz CT molecular complexity index is 1190. The lowest BCUT2D eigenvalue weighted by atomic mass is 9.96. The third-order valence-electron chi connectivity index (χ3n) is 6.65. The molecule has 166 valence electrons. The van der Waals surface area contributed by atoms with Crippen LogP contribution in [0.3, 0.4) is 0 Å². The number of carbonyl (C=O) groups is 1. The average Bonchev–Trinajstić information content (AvgIpc) is 3.49. The lowest BCUT2D eigenvalue weighted by Gasteiger charge is -2.31. The molecule has 3 aliphatic rings. The molecule has 1 aromatic carbocycles. The molecule has 3 aromatic rings. The van der Waals surface area contributed by atoms with E-state index < -0.39 is 0 Å². The topological polar surface area (TPSA) is 84.2 Å². The first-order valence-corrected chi connectivity index (χ1v) is 11.1. The summed E-state index contributed by atoms with van der Waals surface area (Å²) in [6, 6.07) is 5.97. The number of likely N-dealkylation sites (N-methyl/N-ethyl adjacent to an activating group) is 1. The van der Waals surface area contributed by atoms with E-state index in [9.17, 15) is 4.79 Å². The number of nitrogens with zero attached hydrogens (tertiary/aromatic N) is 5. The Morgan fingerprint density at radius 3 is 2.91 bits per heavy atom. The summed E-state index contributed by atoms with van der Waals surface area (Å²) in [4.78, 5) is 22.1. The van der Waals surface area contributed by atoms with Gasteiger partial charge in [-0.3, -0.25) is 4.79 Å². The maximum absolute atomic E-state index is 13.2. The van der Waals surface area contributed by atoms with Crippen LogP contribution in [0.5, 0.6) is 5.75 Å². The van der Waals surface area contributed by atoms with Gasteiger partial charge in [0.15, 0.2) is 5.65 Å². The predicted molar refractivity (Wildman–Crippen MR) is 120 cm³/mol. The van der Waals surface area contributed by atoms with Crippen LogP contribution >= 0.6 is 0 Å². The Morgan fingerprint density at radius 1 is 1.22 bits per heavy atom. The average molecular weight is 435 g/mol. The van der Waals surface area contributed by atoms with Crippen molar-refractivity contribution < 1.29 is 14.3 Å². The Balaban J connectivity index is 1.35. The molecule has 1 N–H and O–H groups in total. The minimum Gasteiger partial charge on any atom is -0.485 e. The molecule has 1 unspecified atom stereocenters. The fourth-order valence-electron chi connectivity index (χ4n) is 5.08. The molecule has 0 aliphatic carbocycles. The van der Waals surface area contributed by atoms with Crippen molar-refractivity contribution in [1.29, 1.82) is 0 Å². The number of hydrogen-bond donors (Lipinski definition) is 1. The van der Waals surface area contributed by atoms with Crippen LogP contribution in [0.25, 0.3) is 5.65 Å². The van der Waals surface area contributed by atoms with Crippen LogP contribution in [0.1, 0.15) is 22.3 Å². The minimum atomic E-state index is -0.220. The first-order chi connectivity index (χ1) is 15.6. The third kappa shape index (κ3) is 3.28. The number of benzene rings is 1. The van der Waals surface area contributed by atoms with E-state index in [-0.39, 0.29) is 11.5 Å². The van der Waals surface area contributed by atoms with Gasteiger partial charge in [0.2, 0.25) is 0 Å².